The van der Waals surface area contributed by atoms with Gasteiger partial charge in [0.25, 0.3) is 6.02 Å². The van der Waals surface area contributed by atoms with Crippen molar-refractivity contribution in [2.75, 3.05) is 13.2 Å². The van der Waals surface area contributed by atoms with Crippen molar-refractivity contribution in [3.8, 4) is 0 Å². The van der Waals surface area contributed by atoms with Gasteiger partial charge in [0.2, 0.25) is 0 Å². The molecule has 0 amide bonds. The minimum Gasteiger partial charge on any atom is -0.462 e. The van der Waals surface area contributed by atoms with Crippen LogP contribution in [0.3, 0.4) is 0 Å². The average molecular weight is 365 g/mol. The molecule has 1 aliphatic carbocycles. The van der Waals surface area contributed by atoms with Gasteiger partial charge in [0.05, 0.1) is 6.04 Å². The van der Waals surface area contributed by atoms with Gasteiger partial charge in [0, 0.05) is 12.6 Å². The van der Waals surface area contributed by atoms with Crippen LogP contribution < -0.4 is 5.73 Å². The molecule has 2 N–H and O–H groups in total. The maximum atomic E-state index is 13.5. The summed E-state index contributed by atoms with van der Waals surface area (Å²) in [5.41, 5.74) is 9.70. The van der Waals surface area contributed by atoms with Gasteiger partial charge in [-0.1, -0.05) is 36.4 Å². The lowest BCUT2D eigenvalue weighted by molar-refractivity contribution is 0.197. The molecule has 27 heavy (non-hydrogen) atoms. The van der Waals surface area contributed by atoms with Gasteiger partial charge >= 0.3 is 0 Å². The van der Waals surface area contributed by atoms with Crippen LogP contribution in [0.5, 0.6) is 0 Å². The van der Waals surface area contributed by atoms with E-state index in [-0.39, 0.29) is 23.4 Å². The third kappa shape index (κ3) is 2.72. The van der Waals surface area contributed by atoms with E-state index in [0.29, 0.717) is 12.6 Å². The zero-order chi connectivity index (χ0) is 18.4. The van der Waals surface area contributed by atoms with Gasteiger partial charge in [0.1, 0.15) is 18.0 Å². The lowest BCUT2D eigenvalue weighted by Crippen LogP contribution is -2.43. The fourth-order valence-corrected chi connectivity index (χ4v) is 4.77. The number of nitrogens with two attached hydrogens (primary N) is 1. The molecular weight excluding hydrogens is 341 g/mol. The van der Waals surface area contributed by atoms with Crippen LogP contribution in [0.1, 0.15) is 42.0 Å². The fraction of sp³-hybridized carbons (Fsp3) is 0.409. The van der Waals surface area contributed by atoms with E-state index in [1.807, 2.05) is 12.1 Å². The third-order valence-corrected chi connectivity index (χ3v) is 6.30. The molecule has 140 valence electrons. The molecule has 0 aromatic heterocycles. The summed E-state index contributed by atoms with van der Waals surface area (Å²) in [6.45, 7) is 1.39. The lowest BCUT2D eigenvalue weighted by Gasteiger charge is -2.38. The molecule has 1 spiro atoms. The predicted molar refractivity (Wildman–Crippen MR) is 103 cm³/mol. The Labute approximate surface area is 158 Å². The molecule has 0 bridgehead atoms. The maximum absolute atomic E-state index is 13.5. The van der Waals surface area contributed by atoms with Gasteiger partial charge < -0.3 is 15.4 Å². The molecule has 0 radical (unpaired) electrons. The molecule has 5 rings (SSSR count). The molecule has 0 unspecified atom stereocenters. The lowest BCUT2D eigenvalue weighted by atomic mass is 9.88. The molecular formula is C22H24FN3O. The summed E-state index contributed by atoms with van der Waals surface area (Å²) in [7, 11) is 0. The van der Waals surface area contributed by atoms with E-state index in [1.165, 1.54) is 23.3 Å². The van der Waals surface area contributed by atoms with E-state index in [2.05, 4.69) is 29.2 Å². The van der Waals surface area contributed by atoms with E-state index in [0.717, 1.165) is 37.8 Å². The summed E-state index contributed by atoms with van der Waals surface area (Å²) in [5, 5.41) is 0. The normalized spacial score (nSPS) is 29.6. The fourth-order valence-electron chi connectivity index (χ4n) is 4.77. The second kappa shape index (κ2) is 6.34. The van der Waals surface area contributed by atoms with Crippen LogP contribution in [-0.2, 0) is 11.2 Å². The first kappa shape index (κ1) is 16.8. The molecule has 1 saturated carbocycles. The molecule has 2 aliphatic heterocycles. The van der Waals surface area contributed by atoms with Crippen molar-refractivity contribution in [1.82, 2.24) is 4.90 Å². The smallest absolute Gasteiger partial charge is 0.288 e. The quantitative estimate of drug-likeness (QED) is 0.843. The Kier molecular flexibility index (Phi) is 3.93. The maximum Gasteiger partial charge on any atom is 0.288 e. The minimum atomic E-state index is -0.264. The van der Waals surface area contributed by atoms with Crippen molar-refractivity contribution in [2.45, 2.75) is 43.3 Å². The second-order valence-electron chi connectivity index (χ2n) is 7.88. The van der Waals surface area contributed by atoms with E-state index in [1.54, 1.807) is 0 Å². The van der Waals surface area contributed by atoms with Gasteiger partial charge in [-0.25, -0.2) is 9.38 Å². The van der Waals surface area contributed by atoms with Gasteiger partial charge in [-0.15, -0.1) is 0 Å². The molecule has 2 aromatic rings. The zero-order valence-corrected chi connectivity index (χ0v) is 15.3. The Balaban J connectivity index is 1.57. The first-order valence-corrected chi connectivity index (χ1v) is 9.74. The summed E-state index contributed by atoms with van der Waals surface area (Å²) in [5.74, 6) is -0.222. The first-order valence-electron chi connectivity index (χ1n) is 9.74. The van der Waals surface area contributed by atoms with Crippen molar-refractivity contribution in [2.24, 2.45) is 10.7 Å². The molecule has 5 heteroatoms. The highest BCUT2D eigenvalue weighted by Gasteiger charge is 2.47. The van der Waals surface area contributed by atoms with Crippen molar-refractivity contribution in [3.63, 3.8) is 0 Å². The molecule has 3 atom stereocenters. The number of aliphatic imine (C=N–C) groups is 1. The number of nitrogens with zero attached hydrogens (tertiary/aromatic N) is 2. The van der Waals surface area contributed by atoms with Crippen LogP contribution in [0.4, 0.5) is 4.39 Å². The number of ether oxygens (including phenoxy) is 1. The number of halogens is 1. The number of benzene rings is 2. The topological polar surface area (TPSA) is 50.9 Å². The molecule has 2 heterocycles. The Bertz CT molecular complexity index is 881. The Hall–Kier alpha value is -2.40. The van der Waals surface area contributed by atoms with Crippen LogP contribution in [-0.4, -0.2) is 35.7 Å². The first-order chi connectivity index (χ1) is 13.2. The standard InChI is InChI=1S/C22H24FN3O/c23-17-9-7-16(8-10-17)20-18-5-2-1-4-15(18)11-13-26(20)21-25-22(14-27-21)12-3-6-19(22)24/h1-2,4-5,7-10,19-20H,3,6,11-14,24H2/t19-,20-,22-/m0/s1. The molecule has 4 nitrogen and oxygen atoms in total. The van der Waals surface area contributed by atoms with Gasteiger partial charge in [-0.2, -0.15) is 0 Å². The van der Waals surface area contributed by atoms with Crippen LogP contribution >= 0.6 is 0 Å². The Morgan fingerprint density at radius 3 is 2.74 bits per heavy atom. The number of hydrogen-bond donors (Lipinski definition) is 1. The van der Waals surface area contributed by atoms with Crippen LogP contribution in [0.15, 0.2) is 53.5 Å². The molecule has 2 aromatic carbocycles. The summed E-state index contributed by atoms with van der Waals surface area (Å²) in [4.78, 5) is 7.24. The van der Waals surface area contributed by atoms with Crippen LogP contribution in [0.25, 0.3) is 0 Å². The van der Waals surface area contributed by atoms with E-state index in [9.17, 15) is 4.39 Å². The van der Waals surface area contributed by atoms with Crippen molar-refractivity contribution >= 4 is 6.02 Å². The van der Waals surface area contributed by atoms with Gasteiger partial charge in [0.15, 0.2) is 0 Å². The van der Waals surface area contributed by atoms with E-state index >= 15 is 0 Å². The van der Waals surface area contributed by atoms with E-state index in [4.69, 9.17) is 15.5 Å². The van der Waals surface area contributed by atoms with Crippen LogP contribution in [0.2, 0.25) is 0 Å². The van der Waals surface area contributed by atoms with Gasteiger partial charge in [-0.05, 0) is 54.5 Å². The zero-order valence-electron chi connectivity index (χ0n) is 15.3. The largest absolute Gasteiger partial charge is 0.462 e. The van der Waals surface area contributed by atoms with Crippen molar-refractivity contribution in [1.29, 1.82) is 0 Å². The second-order valence-corrected chi connectivity index (χ2v) is 7.88. The summed E-state index contributed by atoms with van der Waals surface area (Å²) < 4.78 is 19.6. The highest BCUT2D eigenvalue weighted by molar-refractivity contribution is 5.78. The predicted octanol–water partition coefficient (Wildman–Crippen LogP) is 3.41. The number of hydrogen-bond acceptors (Lipinski definition) is 4. The highest BCUT2D eigenvalue weighted by atomic mass is 19.1. The summed E-state index contributed by atoms with van der Waals surface area (Å²) in [6.07, 6.45) is 4.04. The van der Waals surface area contributed by atoms with Crippen molar-refractivity contribution in [3.05, 3.63) is 71.0 Å². The monoisotopic (exact) mass is 365 g/mol. The molecule has 3 aliphatic rings. The average Bonchev–Trinajstić information content (AvgIpc) is 3.28. The Morgan fingerprint density at radius 1 is 1.15 bits per heavy atom. The number of rotatable bonds is 1. The molecule has 0 saturated heterocycles. The summed E-state index contributed by atoms with van der Waals surface area (Å²) in [6, 6.07) is 16.0. The Morgan fingerprint density at radius 2 is 1.96 bits per heavy atom. The number of fused-ring (bicyclic) bond motifs is 1. The SMILES string of the molecule is N[C@H]1CCC[C@]12COC(N1CCc3ccccc3[C@@H]1c1ccc(F)cc1)=N2. The number of amidine groups is 1. The molecule has 1 fully saturated rings. The highest BCUT2D eigenvalue weighted by Crippen LogP contribution is 2.40. The third-order valence-electron chi connectivity index (χ3n) is 6.30. The minimum absolute atomic E-state index is 0.0259. The van der Waals surface area contributed by atoms with Crippen molar-refractivity contribution < 1.29 is 9.13 Å². The van der Waals surface area contributed by atoms with Gasteiger partial charge in [-0.3, -0.25) is 0 Å². The van der Waals surface area contributed by atoms with Crippen LogP contribution in [0, 0.1) is 5.82 Å². The van der Waals surface area contributed by atoms with E-state index < -0.39 is 0 Å². The summed E-state index contributed by atoms with van der Waals surface area (Å²) >= 11 is 0.